The molecule has 104 valence electrons. The monoisotopic (exact) mass is 285 g/mol. The lowest BCUT2D eigenvalue weighted by Gasteiger charge is -2.11. The SMILES string of the molecule is COc1ccc(SCC(=O)N[C@H](CO)C(=O)O)cc1. The van der Waals surface area contributed by atoms with Crippen molar-refractivity contribution >= 4 is 23.6 Å². The van der Waals surface area contributed by atoms with E-state index in [1.54, 1.807) is 31.4 Å². The van der Waals surface area contributed by atoms with Gasteiger partial charge in [0, 0.05) is 4.90 Å². The summed E-state index contributed by atoms with van der Waals surface area (Å²) in [6, 6.07) is 5.89. The van der Waals surface area contributed by atoms with Crippen molar-refractivity contribution in [1.82, 2.24) is 5.32 Å². The van der Waals surface area contributed by atoms with E-state index in [1.165, 1.54) is 11.8 Å². The average molecular weight is 285 g/mol. The van der Waals surface area contributed by atoms with Gasteiger partial charge in [0.1, 0.15) is 11.8 Å². The number of hydrogen-bond acceptors (Lipinski definition) is 5. The quantitative estimate of drug-likeness (QED) is 0.626. The number of thioether (sulfide) groups is 1. The fourth-order valence-electron chi connectivity index (χ4n) is 1.24. The van der Waals surface area contributed by atoms with Crippen LogP contribution >= 0.6 is 11.8 Å². The normalized spacial score (nSPS) is 11.7. The third-order valence-corrected chi connectivity index (χ3v) is 3.26. The Bertz CT molecular complexity index is 434. The van der Waals surface area contributed by atoms with Crippen LogP contribution in [-0.4, -0.2) is 47.6 Å². The van der Waals surface area contributed by atoms with E-state index in [1.807, 2.05) is 0 Å². The Kier molecular flexibility index (Phi) is 6.17. The first-order valence-corrected chi connectivity index (χ1v) is 6.45. The number of aliphatic carboxylic acids is 1. The molecule has 0 radical (unpaired) electrons. The maximum atomic E-state index is 11.5. The molecule has 1 atom stereocenters. The van der Waals surface area contributed by atoms with Gasteiger partial charge < -0.3 is 20.3 Å². The van der Waals surface area contributed by atoms with Gasteiger partial charge in [-0.25, -0.2) is 4.79 Å². The fourth-order valence-corrected chi connectivity index (χ4v) is 1.95. The zero-order valence-electron chi connectivity index (χ0n) is 10.3. The molecule has 0 saturated carbocycles. The number of carboxylic acid groups (broad SMARTS) is 1. The smallest absolute Gasteiger partial charge is 0.328 e. The third kappa shape index (κ3) is 5.19. The van der Waals surface area contributed by atoms with Crippen LogP contribution in [0.4, 0.5) is 0 Å². The van der Waals surface area contributed by atoms with E-state index in [2.05, 4.69) is 5.32 Å². The minimum Gasteiger partial charge on any atom is -0.497 e. The lowest BCUT2D eigenvalue weighted by molar-refractivity contribution is -0.142. The summed E-state index contributed by atoms with van der Waals surface area (Å²) in [6.45, 7) is -0.631. The first kappa shape index (κ1) is 15.3. The van der Waals surface area contributed by atoms with E-state index in [0.717, 1.165) is 10.6 Å². The van der Waals surface area contributed by atoms with Crippen LogP contribution in [0.5, 0.6) is 5.75 Å². The summed E-state index contributed by atoms with van der Waals surface area (Å²) < 4.78 is 5.01. The summed E-state index contributed by atoms with van der Waals surface area (Å²) in [5.41, 5.74) is 0. The second kappa shape index (κ2) is 7.65. The number of amides is 1. The molecule has 0 spiro atoms. The Hall–Kier alpha value is -1.73. The molecule has 6 nitrogen and oxygen atoms in total. The molecule has 0 bridgehead atoms. The zero-order valence-corrected chi connectivity index (χ0v) is 11.1. The van der Waals surface area contributed by atoms with Crippen molar-refractivity contribution in [3.63, 3.8) is 0 Å². The van der Waals surface area contributed by atoms with Crippen LogP contribution in [0, 0.1) is 0 Å². The van der Waals surface area contributed by atoms with Gasteiger partial charge in [-0.05, 0) is 24.3 Å². The van der Waals surface area contributed by atoms with Crippen molar-refractivity contribution in [2.75, 3.05) is 19.5 Å². The lowest BCUT2D eigenvalue weighted by atomic mass is 10.3. The first-order valence-electron chi connectivity index (χ1n) is 5.46. The number of carboxylic acids is 1. The van der Waals surface area contributed by atoms with E-state index in [-0.39, 0.29) is 5.75 Å². The van der Waals surface area contributed by atoms with Gasteiger partial charge >= 0.3 is 5.97 Å². The number of carbonyl (C=O) groups is 2. The zero-order chi connectivity index (χ0) is 14.3. The van der Waals surface area contributed by atoms with Crippen molar-refractivity contribution in [2.24, 2.45) is 0 Å². The largest absolute Gasteiger partial charge is 0.497 e. The highest BCUT2D eigenvalue weighted by Crippen LogP contribution is 2.20. The van der Waals surface area contributed by atoms with E-state index < -0.39 is 24.5 Å². The van der Waals surface area contributed by atoms with Crippen molar-refractivity contribution in [3.05, 3.63) is 24.3 Å². The fraction of sp³-hybridized carbons (Fsp3) is 0.333. The van der Waals surface area contributed by atoms with Gasteiger partial charge in [0.25, 0.3) is 0 Å². The number of nitrogens with one attached hydrogen (secondary N) is 1. The average Bonchev–Trinajstić information content (AvgIpc) is 2.42. The van der Waals surface area contributed by atoms with Gasteiger partial charge in [0.15, 0.2) is 0 Å². The van der Waals surface area contributed by atoms with Crippen LogP contribution in [0.2, 0.25) is 0 Å². The maximum Gasteiger partial charge on any atom is 0.328 e. The van der Waals surface area contributed by atoms with E-state index in [0.29, 0.717) is 0 Å². The Labute approximate surface area is 114 Å². The number of aliphatic hydroxyl groups excluding tert-OH is 1. The first-order chi connectivity index (χ1) is 9.06. The molecule has 1 aromatic carbocycles. The molecule has 1 amide bonds. The topological polar surface area (TPSA) is 95.9 Å². The molecule has 0 saturated heterocycles. The summed E-state index contributed by atoms with van der Waals surface area (Å²) in [5.74, 6) is -0.900. The molecule has 3 N–H and O–H groups in total. The third-order valence-electron chi connectivity index (χ3n) is 2.25. The lowest BCUT2D eigenvalue weighted by Crippen LogP contribution is -2.44. The molecule has 1 aromatic rings. The molecule has 0 aromatic heterocycles. The van der Waals surface area contributed by atoms with Crippen molar-refractivity contribution in [2.45, 2.75) is 10.9 Å². The van der Waals surface area contributed by atoms with Gasteiger partial charge in [0.05, 0.1) is 19.5 Å². The number of aliphatic hydroxyl groups is 1. The van der Waals surface area contributed by atoms with Gasteiger partial charge in [0.2, 0.25) is 5.91 Å². The molecule has 0 aliphatic rings. The molecule has 1 rings (SSSR count). The number of hydrogen-bond donors (Lipinski definition) is 3. The van der Waals surface area contributed by atoms with Crippen LogP contribution in [0.25, 0.3) is 0 Å². The Morgan fingerprint density at radius 2 is 2.00 bits per heavy atom. The minimum absolute atomic E-state index is 0.0795. The van der Waals surface area contributed by atoms with E-state index in [9.17, 15) is 9.59 Å². The summed E-state index contributed by atoms with van der Waals surface area (Å²) in [7, 11) is 1.57. The molecule has 0 heterocycles. The molecule has 0 fully saturated rings. The van der Waals surface area contributed by atoms with Gasteiger partial charge in [-0.2, -0.15) is 0 Å². The van der Waals surface area contributed by atoms with E-state index >= 15 is 0 Å². The van der Waals surface area contributed by atoms with Gasteiger partial charge in [-0.3, -0.25) is 4.79 Å². The van der Waals surface area contributed by atoms with Gasteiger partial charge in [-0.1, -0.05) is 0 Å². The highest BCUT2D eigenvalue weighted by Gasteiger charge is 2.18. The molecule has 0 aliphatic carbocycles. The second-order valence-electron chi connectivity index (χ2n) is 3.61. The molecular formula is C12H15NO5S. The van der Waals surface area contributed by atoms with Crippen LogP contribution in [0.1, 0.15) is 0 Å². The molecule has 0 unspecified atom stereocenters. The van der Waals surface area contributed by atoms with Crippen LogP contribution in [0.3, 0.4) is 0 Å². The Morgan fingerprint density at radius 1 is 1.37 bits per heavy atom. The second-order valence-corrected chi connectivity index (χ2v) is 4.65. The Balaban J connectivity index is 2.42. The van der Waals surface area contributed by atoms with Crippen LogP contribution < -0.4 is 10.1 Å². The number of ether oxygens (including phenoxy) is 1. The molecule has 7 heteroatoms. The van der Waals surface area contributed by atoms with Crippen molar-refractivity contribution < 1.29 is 24.5 Å². The molecule has 19 heavy (non-hydrogen) atoms. The van der Waals surface area contributed by atoms with E-state index in [4.69, 9.17) is 14.9 Å². The standard InChI is InChI=1S/C12H15NO5S/c1-18-8-2-4-9(5-3-8)19-7-11(15)13-10(6-14)12(16)17/h2-5,10,14H,6-7H2,1H3,(H,13,15)(H,16,17)/t10-/m1/s1. The van der Waals surface area contributed by atoms with Crippen LogP contribution in [0.15, 0.2) is 29.2 Å². The minimum atomic E-state index is -1.26. The van der Waals surface area contributed by atoms with Crippen molar-refractivity contribution in [3.8, 4) is 5.75 Å². The highest BCUT2D eigenvalue weighted by atomic mass is 32.2. The number of methoxy groups -OCH3 is 1. The summed E-state index contributed by atoms with van der Waals surface area (Å²) in [4.78, 5) is 23.0. The maximum absolute atomic E-state index is 11.5. The molecular weight excluding hydrogens is 270 g/mol. The van der Waals surface area contributed by atoms with Gasteiger partial charge in [-0.15, -0.1) is 11.8 Å². The summed E-state index contributed by atoms with van der Waals surface area (Å²) in [6.07, 6.45) is 0. The summed E-state index contributed by atoms with van der Waals surface area (Å²) in [5, 5.41) is 19.7. The highest BCUT2D eigenvalue weighted by molar-refractivity contribution is 8.00. The number of benzene rings is 1. The predicted molar refractivity (Wildman–Crippen MR) is 70.4 cm³/mol. The Morgan fingerprint density at radius 3 is 2.47 bits per heavy atom. The number of carbonyl (C=O) groups excluding carboxylic acids is 1. The van der Waals surface area contributed by atoms with Crippen molar-refractivity contribution in [1.29, 1.82) is 0 Å². The summed E-state index contributed by atoms with van der Waals surface area (Å²) >= 11 is 1.27. The van der Waals surface area contributed by atoms with Crippen LogP contribution in [-0.2, 0) is 9.59 Å². The predicted octanol–water partition coefficient (Wildman–Crippen LogP) is 0.349. The molecule has 0 aliphatic heterocycles. The number of rotatable bonds is 7.